The zero-order chi connectivity index (χ0) is 21.8. The molecule has 2 aromatic carbocycles. The number of carbonyl (C=O) groups is 1. The quantitative estimate of drug-likeness (QED) is 0.561. The molecule has 1 saturated carbocycles. The highest BCUT2D eigenvalue weighted by atomic mass is 19.4. The van der Waals surface area contributed by atoms with Crippen molar-refractivity contribution in [3.05, 3.63) is 71.9 Å². The minimum absolute atomic E-state index is 0.0743. The van der Waals surface area contributed by atoms with Crippen molar-refractivity contribution in [1.29, 1.82) is 0 Å². The number of nitrogens with one attached hydrogen (secondary N) is 2. The number of hydrogen-bond donors (Lipinski definition) is 2. The Hall–Kier alpha value is -2.80. The second-order valence-electron chi connectivity index (χ2n) is 8.20. The zero-order valence-corrected chi connectivity index (χ0v) is 17.2. The van der Waals surface area contributed by atoms with Crippen molar-refractivity contribution in [3.63, 3.8) is 0 Å². The van der Waals surface area contributed by atoms with Crippen LogP contribution < -0.4 is 5.32 Å². The number of halogens is 3. The number of alkyl halides is 3. The summed E-state index contributed by atoms with van der Waals surface area (Å²) in [6, 6.07) is 18.5. The van der Waals surface area contributed by atoms with E-state index in [0.717, 1.165) is 34.2 Å². The van der Waals surface area contributed by atoms with Crippen LogP contribution in [-0.2, 0) is 6.54 Å². The SMILES string of the molecule is O=C(c1cc2ccccc2[nH]1)N(CC(F)(F)F)[C@H]1CCC[C@@H](NCc2ccccc2)C1. The monoisotopic (exact) mass is 429 g/mol. The van der Waals surface area contributed by atoms with Gasteiger partial charge < -0.3 is 15.2 Å². The Morgan fingerprint density at radius 3 is 2.55 bits per heavy atom. The van der Waals surface area contributed by atoms with E-state index in [4.69, 9.17) is 0 Å². The fraction of sp³-hybridized carbons (Fsp3) is 0.375. The van der Waals surface area contributed by atoms with Gasteiger partial charge in [-0.15, -0.1) is 0 Å². The molecule has 0 spiro atoms. The van der Waals surface area contributed by atoms with Crippen LogP contribution >= 0.6 is 0 Å². The molecule has 0 bridgehead atoms. The van der Waals surface area contributed by atoms with E-state index < -0.39 is 24.7 Å². The third kappa shape index (κ3) is 5.47. The molecule has 1 fully saturated rings. The molecule has 1 heterocycles. The van der Waals surface area contributed by atoms with Crippen LogP contribution in [0.3, 0.4) is 0 Å². The number of aromatic amines is 1. The maximum Gasteiger partial charge on any atom is 0.406 e. The second kappa shape index (κ2) is 9.14. The first-order valence-electron chi connectivity index (χ1n) is 10.6. The van der Waals surface area contributed by atoms with Gasteiger partial charge in [-0.2, -0.15) is 13.2 Å². The molecule has 164 valence electrons. The molecule has 3 aromatic rings. The summed E-state index contributed by atoms with van der Waals surface area (Å²) in [5.41, 5.74) is 2.07. The number of hydrogen-bond acceptors (Lipinski definition) is 2. The number of amides is 1. The van der Waals surface area contributed by atoms with Crippen molar-refractivity contribution < 1.29 is 18.0 Å². The number of benzene rings is 2. The first-order valence-corrected chi connectivity index (χ1v) is 10.6. The molecule has 2 N–H and O–H groups in total. The van der Waals surface area contributed by atoms with E-state index in [1.807, 2.05) is 54.6 Å². The third-order valence-corrected chi connectivity index (χ3v) is 5.90. The van der Waals surface area contributed by atoms with Gasteiger partial charge in [0, 0.05) is 29.5 Å². The average Bonchev–Trinajstić information content (AvgIpc) is 3.20. The van der Waals surface area contributed by atoms with Crippen LogP contribution in [0.2, 0.25) is 0 Å². The molecule has 4 nitrogen and oxygen atoms in total. The Bertz CT molecular complexity index is 983. The minimum Gasteiger partial charge on any atom is -0.351 e. The molecule has 0 aliphatic heterocycles. The summed E-state index contributed by atoms with van der Waals surface area (Å²) < 4.78 is 40.2. The summed E-state index contributed by atoms with van der Waals surface area (Å²) in [4.78, 5) is 17.2. The van der Waals surface area contributed by atoms with Crippen molar-refractivity contribution in [2.24, 2.45) is 0 Å². The van der Waals surface area contributed by atoms with Crippen LogP contribution in [0.25, 0.3) is 10.9 Å². The summed E-state index contributed by atoms with van der Waals surface area (Å²) in [5.74, 6) is -0.595. The minimum atomic E-state index is -4.45. The van der Waals surface area contributed by atoms with E-state index in [1.165, 1.54) is 0 Å². The number of aromatic nitrogens is 1. The summed E-state index contributed by atoms with van der Waals surface area (Å²) >= 11 is 0. The number of H-pyrrole nitrogens is 1. The Kier molecular flexibility index (Phi) is 6.32. The molecule has 1 aromatic heterocycles. The first kappa shape index (κ1) is 21.4. The maximum atomic E-state index is 13.4. The summed E-state index contributed by atoms with van der Waals surface area (Å²) in [7, 11) is 0. The predicted molar refractivity (Wildman–Crippen MR) is 115 cm³/mol. The summed E-state index contributed by atoms with van der Waals surface area (Å²) in [6.07, 6.45) is -1.69. The topological polar surface area (TPSA) is 48.1 Å². The lowest BCUT2D eigenvalue weighted by atomic mass is 9.89. The molecule has 1 aliphatic carbocycles. The molecule has 7 heteroatoms. The van der Waals surface area contributed by atoms with Gasteiger partial charge in [0.15, 0.2) is 0 Å². The van der Waals surface area contributed by atoms with Gasteiger partial charge in [0.05, 0.1) is 0 Å². The lowest BCUT2D eigenvalue weighted by Gasteiger charge is -2.38. The van der Waals surface area contributed by atoms with E-state index in [2.05, 4.69) is 10.3 Å². The van der Waals surface area contributed by atoms with Crippen molar-refractivity contribution in [2.45, 2.75) is 50.5 Å². The van der Waals surface area contributed by atoms with E-state index in [9.17, 15) is 18.0 Å². The number of rotatable bonds is 6. The van der Waals surface area contributed by atoms with E-state index in [0.29, 0.717) is 19.4 Å². The molecular formula is C24H26F3N3O. The average molecular weight is 429 g/mol. The van der Waals surface area contributed by atoms with Crippen LogP contribution in [0, 0.1) is 0 Å². The largest absolute Gasteiger partial charge is 0.406 e. The molecule has 31 heavy (non-hydrogen) atoms. The Morgan fingerprint density at radius 2 is 1.81 bits per heavy atom. The molecule has 1 amide bonds. The normalized spacial score (nSPS) is 19.5. The number of para-hydroxylation sites is 1. The summed E-state index contributed by atoms with van der Waals surface area (Å²) in [6.45, 7) is -0.579. The van der Waals surface area contributed by atoms with Crippen molar-refractivity contribution in [1.82, 2.24) is 15.2 Å². The molecule has 2 atom stereocenters. The van der Waals surface area contributed by atoms with Gasteiger partial charge in [-0.05, 0) is 43.4 Å². The fourth-order valence-electron chi connectivity index (χ4n) is 4.39. The van der Waals surface area contributed by atoms with Gasteiger partial charge in [0.25, 0.3) is 5.91 Å². The van der Waals surface area contributed by atoms with Crippen molar-refractivity contribution in [2.75, 3.05) is 6.54 Å². The number of nitrogens with zero attached hydrogens (tertiary/aromatic N) is 1. The van der Waals surface area contributed by atoms with Gasteiger partial charge in [0.1, 0.15) is 12.2 Å². The molecule has 0 saturated heterocycles. The maximum absolute atomic E-state index is 13.4. The third-order valence-electron chi connectivity index (χ3n) is 5.90. The smallest absolute Gasteiger partial charge is 0.351 e. The molecule has 4 rings (SSSR count). The standard InChI is InChI=1S/C24H26F3N3O/c25-24(26,27)16-30(23(31)22-13-18-9-4-5-12-21(18)29-22)20-11-6-10-19(14-20)28-15-17-7-2-1-3-8-17/h1-5,7-9,12-13,19-20,28-29H,6,10-11,14-16H2/t19-,20+/m1/s1. The molecular weight excluding hydrogens is 403 g/mol. The first-order chi connectivity index (χ1) is 14.9. The zero-order valence-electron chi connectivity index (χ0n) is 17.2. The van der Waals surface area contributed by atoms with Gasteiger partial charge in [-0.1, -0.05) is 48.5 Å². The fourth-order valence-corrected chi connectivity index (χ4v) is 4.39. The van der Waals surface area contributed by atoms with Crippen LogP contribution in [0.5, 0.6) is 0 Å². The van der Waals surface area contributed by atoms with E-state index in [1.54, 1.807) is 6.07 Å². The molecule has 1 aliphatic rings. The van der Waals surface area contributed by atoms with Crippen LogP contribution in [-0.4, -0.2) is 40.6 Å². The van der Waals surface area contributed by atoms with E-state index in [-0.39, 0.29) is 11.7 Å². The highest BCUT2D eigenvalue weighted by molar-refractivity contribution is 5.98. The van der Waals surface area contributed by atoms with Crippen LogP contribution in [0.4, 0.5) is 13.2 Å². The van der Waals surface area contributed by atoms with Gasteiger partial charge >= 0.3 is 6.18 Å². The number of carbonyl (C=O) groups excluding carboxylic acids is 1. The van der Waals surface area contributed by atoms with Crippen LogP contribution in [0.15, 0.2) is 60.7 Å². The van der Waals surface area contributed by atoms with Crippen LogP contribution in [0.1, 0.15) is 41.7 Å². The number of fused-ring (bicyclic) bond motifs is 1. The Labute approximate surface area is 179 Å². The second-order valence-corrected chi connectivity index (χ2v) is 8.20. The summed E-state index contributed by atoms with van der Waals surface area (Å²) in [5, 5.41) is 4.27. The Balaban J connectivity index is 1.50. The highest BCUT2D eigenvalue weighted by Gasteiger charge is 2.39. The molecule has 0 unspecified atom stereocenters. The van der Waals surface area contributed by atoms with Gasteiger partial charge in [0.2, 0.25) is 0 Å². The lowest BCUT2D eigenvalue weighted by molar-refractivity contribution is -0.146. The lowest BCUT2D eigenvalue weighted by Crippen LogP contribution is -2.50. The van der Waals surface area contributed by atoms with Gasteiger partial charge in [-0.3, -0.25) is 4.79 Å². The Morgan fingerprint density at radius 1 is 1.06 bits per heavy atom. The van der Waals surface area contributed by atoms with Gasteiger partial charge in [-0.25, -0.2) is 0 Å². The van der Waals surface area contributed by atoms with E-state index >= 15 is 0 Å². The highest BCUT2D eigenvalue weighted by Crippen LogP contribution is 2.29. The van der Waals surface area contributed by atoms with Crippen molar-refractivity contribution in [3.8, 4) is 0 Å². The van der Waals surface area contributed by atoms with Crippen molar-refractivity contribution >= 4 is 16.8 Å². The molecule has 0 radical (unpaired) electrons. The predicted octanol–water partition coefficient (Wildman–Crippen LogP) is 5.27.